The maximum absolute atomic E-state index is 12.4. The molecule has 6 nitrogen and oxygen atoms in total. The Bertz CT molecular complexity index is 684. The summed E-state index contributed by atoms with van der Waals surface area (Å²) < 4.78 is 23.2. The second-order valence-electron chi connectivity index (χ2n) is 5.26. The van der Waals surface area contributed by atoms with Crippen molar-refractivity contribution in [1.82, 2.24) is 4.90 Å². The van der Waals surface area contributed by atoms with E-state index in [1.165, 1.54) is 11.8 Å². The van der Waals surface area contributed by atoms with Gasteiger partial charge in [-0.1, -0.05) is 18.2 Å². The number of carbonyl (C=O) groups excluding carboxylic acids is 2. The van der Waals surface area contributed by atoms with Crippen LogP contribution in [0.25, 0.3) is 0 Å². The van der Waals surface area contributed by atoms with Gasteiger partial charge in [-0.15, -0.1) is 0 Å². The molecule has 0 saturated carbocycles. The summed E-state index contributed by atoms with van der Waals surface area (Å²) in [6.07, 6.45) is 1.02. The molecule has 1 aromatic rings. The highest BCUT2D eigenvalue weighted by Crippen LogP contribution is 2.24. The molecule has 1 aliphatic heterocycles. The fourth-order valence-corrected chi connectivity index (χ4v) is 2.67. The van der Waals surface area contributed by atoms with Gasteiger partial charge in [0.2, 0.25) is 11.8 Å². The average Bonchev–Trinajstić information content (AvgIpc) is 2.54. The minimum atomic E-state index is -3.50. The van der Waals surface area contributed by atoms with Gasteiger partial charge in [-0.25, -0.2) is 8.42 Å². The summed E-state index contributed by atoms with van der Waals surface area (Å²) in [5, 5.41) is 1.58. The summed E-state index contributed by atoms with van der Waals surface area (Å²) >= 11 is 0. The molecule has 1 heterocycles. The first-order chi connectivity index (χ1) is 9.71. The van der Waals surface area contributed by atoms with Crippen molar-refractivity contribution in [3.63, 3.8) is 0 Å². The summed E-state index contributed by atoms with van der Waals surface area (Å²) in [7, 11) is -3.50. The van der Waals surface area contributed by atoms with Gasteiger partial charge >= 0.3 is 0 Å². The van der Waals surface area contributed by atoms with Crippen molar-refractivity contribution in [3.8, 4) is 0 Å². The van der Waals surface area contributed by atoms with Crippen LogP contribution in [0.5, 0.6) is 0 Å². The third kappa shape index (κ3) is 3.07. The average molecular weight is 310 g/mol. The molecule has 0 fully saturated rings. The molecule has 0 bridgehead atoms. The van der Waals surface area contributed by atoms with Crippen molar-refractivity contribution in [1.29, 1.82) is 0 Å². The number of amides is 2. The summed E-state index contributed by atoms with van der Waals surface area (Å²) in [4.78, 5) is 25.9. The number of fused-ring (bicyclic) bond motifs is 1. The predicted octanol–water partition coefficient (Wildman–Crippen LogP) is 0.789. The van der Waals surface area contributed by atoms with E-state index in [-0.39, 0.29) is 12.5 Å². The largest absolute Gasteiger partial charge is 0.325 e. The van der Waals surface area contributed by atoms with E-state index in [9.17, 15) is 18.0 Å². The molecule has 1 aromatic carbocycles. The molecule has 2 amide bonds. The Morgan fingerprint density at radius 2 is 2.00 bits per heavy atom. The third-order valence-electron chi connectivity index (χ3n) is 3.74. The summed E-state index contributed by atoms with van der Waals surface area (Å²) in [5.74, 6) is -0.883. The van der Waals surface area contributed by atoms with E-state index in [1.807, 2.05) is 6.07 Å². The number of nitrogens with zero attached hydrogens (tertiary/aromatic N) is 1. The van der Waals surface area contributed by atoms with Gasteiger partial charge in [0.05, 0.1) is 0 Å². The van der Waals surface area contributed by atoms with Gasteiger partial charge in [0.15, 0.2) is 9.84 Å². The van der Waals surface area contributed by atoms with E-state index in [0.717, 1.165) is 11.8 Å². The summed E-state index contributed by atoms with van der Waals surface area (Å²) in [5.41, 5.74) is 1.43. The fourth-order valence-electron chi connectivity index (χ4n) is 2.16. The van der Waals surface area contributed by atoms with E-state index in [1.54, 1.807) is 25.1 Å². The first-order valence-electron chi connectivity index (χ1n) is 6.60. The lowest BCUT2D eigenvalue weighted by molar-refractivity contribution is -0.137. The molecule has 0 aromatic heterocycles. The van der Waals surface area contributed by atoms with Crippen LogP contribution < -0.4 is 5.32 Å². The molecular formula is C14H18N2O4S. The van der Waals surface area contributed by atoms with E-state index in [2.05, 4.69) is 5.32 Å². The number of para-hydroxylation sites is 1. The van der Waals surface area contributed by atoms with E-state index in [0.29, 0.717) is 5.69 Å². The van der Waals surface area contributed by atoms with Gasteiger partial charge < -0.3 is 10.2 Å². The number of rotatable bonds is 2. The van der Waals surface area contributed by atoms with Crippen LogP contribution in [-0.4, -0.2) is 42.7 Å². The summed E-state index contributed by atoms with van der Waals surface area (Å²) in [6, 6.07) is 6.44. The lowest BCUT2D eigenvalue weighted by Gasteiger charge is -2.28. The number of benzene rings is 1. The van der Waals surface area contributed by atoms with E-state index < -0.39 is 27.0 Å². The first kappa shape index (κ1) is 15.5. The molecule has 2 unspecified atom stereocenters. The van der Waals surface area contributed by atoms with Crippen LogP contribution in [0.1, 0.15) is 19.4 Å². The van der Waals surface area contributed by atoms with Crippen molar-refractivity contribution >= 4 is 27.3 Å². The van der Waals surface area contributed by atoms with Crippen molar-refractivity contribution in [2.75, 3.05) is 11.6 Å². The Morgan fingerprint density at radius 1 is 1.38 bits per heavy atom. The second-order valence-corrected chi connectivity index (χ2v) is 7.63. The molecule has 0 spiro atoms. The molecular weight excluding hydrogens is 292 g/mol. The Hall–Kier alpha value is -1.89. The van der Waals surface area contributed by atoms with Crippen molar-refractivity contribution in [2.45, 2.75) is 31.7 Å². The number of anilines is 1. The van der Waals surface area contributed by atoms with Gasteiger partial charge in [0, 0.05) is 18.5 Å². The van der Waals surface area contributed by atoms with Crippen molar-refractivity contribution in [3.05, 3.63) is 29.8 Å². The predicted molar refractivity (Wildman–Crippen MR) is 79.4 cm³/mol. The number of carbonyl (C=O) groups is 2. The Kier molecular flexibility index (Phi) is 4.04. The lowest BCUT2D eigenvalue weighted by Crippen LogP contribution is -2.48. The molecule has 2 atom stereocenters. The van der Waals surface area contributed by atoms with Gasteiger partial charge in [0.25, 0.3) is 0 Å². The zero-order valence-corrected chi connectivity index (χ0v) is 13.0. The van der Waals surface area contributed by atoms with Crippen LogP contribution >= 0.6 is 0 Å². The van der Waals surface area contributed by atoms with Crippen LogP contribution in [0, 0.1) is 0 Å². The van der Waals surface area contributed by atoms with E-state index in [4.69, 9.17) is 0 Å². The Balaban J connectivity index is 2.39. The SMILES string of the molecule is CC1C(=O)Nc2ccccc2CN1C(=O)C(C)S(C)(=O)=O. The standard InChI is InChI=1S/C14H18N2O4S/c1-9-13(17)15-12-7-5-4-6-11(12)8-16(9)14(18)10(2)21(3,19)20/h4-7,9-10H,8H2,1-3H3,(H,15,17). The number of nitrogens with one attached hydrogen (secondary N) is 1. The highest BCUT2D eigenvalue weighted by Gasteiger charge is 2.35. The van der Waals surface area contributed by atoms with Crippen molar-refractivity contribution < 1.29 is 18.0 Å². The lowest BCUT2D eigenvalue weighted by atomic mass is 10.1. The normalized spacial score (nSPS) is 20.2. The molecule has 7 heteroatoms. The third-order valence-corrected chi connectivity index (χ3v) is 5.22. The topological polar surface area (TPSA) is 83.6 Å². The Labute approximate surface area is 124 Å². The second kappa shape index (κ2) is 5.48. The maximum atomic E-state index is 12.4. The highest BCUT2D eigenvalue weighted by molar-refractivity contribution is 7.92. The highest BCUT2D eigenvalue weighted by atomic mass is 32.2. The zero-order chi connectivity index (χ0) is 15.8. The smallest absolute Gasteiger partial charge is 0.246 e. The molecule has 1 N–H and O–H groups in total. The fraction of sp³-hybridized carbons (Fsp3) is 0.429. The molecule has 1 aliphatic rings. The molecule has 0 radical (unpaired) electrons. The number of hydrogen-bond acceptors (Lipinski definition) is 4. The van der Waals surface area contributed by atoms with Gasteiger partial charge in [-0.05, 0) is 25.5 Å². The van der Waals surface area contributed by atoms with Crippen LogP contribution in [-0.2, 0) is 26.0 Å². The first-order valence-corrected chi connectivity index (χ1v) is 8.55. The van der Waals surface area contributed by atoms with Crippen molar-refractivity contribution in [2.24, 2.45) is 0 Å². The van der Waals surface area contributed by atoms with Gasteiger partial charge in [-0.2, -0.15) is 0 Å². The minimum absolute atomic E-state index is 0.203. The summed E-state index contributed by atoms with van der Waals surface area (Å²) in [6.45, 7) is 3.14. The van der Waals surface area contributed by atoms with Crippen LogP contribution in [0.15, 0.2) is 24.3 Å². The Morgan fingerprint density at radius 3 is 2.62 bits per heavy atom. The molecule has 0 saturated heterocycles. The number of hydrogen-bond donors (Lipinski definition) is 1. The van der Waals surface area contributed by atoms with Crippen LogP contribution in [0.4, 0.5) is 5.69 Å². The van der Waals surface area contributed by atoms with Gasteiger partial charge in [-0.3, -0.25) is 9.59 Å². The minimum Gasteiger partial charge on any atom is -0.325 e. The zero-order valence-electron chi connectivity index (χ0n) is 12.2. The molecule has 21 heavy (non-hydrogen) atoms. The molecule has 2 rings (SSSR count). The van der Waals surface area contributed by atoms with Crippen LogP contribution in [0.3, 0.4) is 0 Å². The quantitative estimate of drug-likeness (QED) is 0.875. The maximum Gasteiger partial charge on any atom is 0.246 e. The van der Waals surface area contributed by atoms with Crippen LogP contribution in [0.2, 0.25) is 0 Å². The van der Waals surface area contributed by atoms with Gasteiger partial charge in [0.1, 0.15) is 11.3 Å². The number of sulfone groups is 1. The monoisotopic (exact) mass is 310 g/mol. The molecule has 114 valence electrons. The molecule has 0 aliphatic carbocycles. The van der Waals surface area contributed by atoms with E-state index >= 15 is 0 Å².